The van der Waals surface area contributed by atoms with Crippen LogP contribution >= 0.6 is 12.2 Å². The number of amides is 1. The standard InChI is InChI=1S/C14H19N3O2S/c1-19-14(18)16-12-5-6-17(9-12)8-10-3-2-4-11(7-10)13(15)20/h2-4,7,12H,5-6,8-9H2,1H3,(H2,15,20)(H,16,18). The van der Waals surface area contributed by atoms with Crippen molar-refractivity contribution in [3.63, 3.8) is 0 Å². The molecule has 0 aliphatic carbocycles. The average Bonchev–Trinajstić information content (AvgIpc) is 2.86. The van der Waals surface area contributed by atoms with E-state index in [0.29, 0.717) is 4.99 Å². The summed E-state index contributed by atoms with van der Waals surface area (Å²) in [6.45, 7) is 2.61. The topological polar surface area (TPSA) is 67.6 Å². The molecule has 5 nitrogen and oxygen atoms in total. The number of ether oxygens (including phenoxy) is 1. The highest BCUT2D eigenvalue weighted by Gasteiger charge is 2.24. The van der Waals surface area contributed by atoms with E-state index in [2.05, 4.69) is 21.0 Å². The van der Waals surface area contributed by atoms with Gasteiger partial charge in [0.15, 0.2) is 0 Å². The zero-order valence-electron chi connectivity index (χ0n) is 11.5. The second-order valence-electron chi connectivity index (χ2n) is 4.92. The molecular formula is C14H19N3O2S. The lowest BCUT2D eigenvalue weighted by Gasteiger charge is -2.16. The van der Waals surface area contributed by atoms with Crippen LogP contribution in [0, 0.1) is 0 Å². The Labute approximate surface area is 124 Å². The number of nitrogens with two attached hydrogens (primary N) is 1. The Morgan fingerprint density at radius 3 is 3.10 bits per heavy atom. The highest BCUT2D eigenvalue weighted by molar-refractivity contribution is 7.80. The molecule has 1 aromatic rings. The molecule has 1 saturated heterocycles. The van der Waals surface area contributed by atoms with Gasteiger partial charge in [-0.3, -0.25) is 4.90 Å². The van der Waals surface area contributed by atoms with Gasteiger partial charge in [0.05, 0.1) is 7.11 Å². The van der Waals surface area contributed by atoms with Crippen molar-refractivity contribution >= 4 is 23.3 Å². The lowest BCUT2D eigenvalue weighted by Crippen LogP contribution is -2.36. The molecule has 1 aliphatic heterocycles. The van der Waals surface area contributed by atoms with Crippen LogP contribution in [0.1, 0.15) is 17.5 Å². The van der Waals surface area contributed by atoms with Crippen molar-refractivity contribution in [2.75, 3.05) is 20.2 Å². The van der Waals surface area contributed by atoms with Gasteiger partial charge in [-0.25, -0.2) is 4.79 Å². The summed E-state index contributed by atoms with van der Waals surface area (Å²) in [5.74, 6) is 0. The summed E-state index contributed by atoms with van der Waals surface area (Å²) in [5, 5.41) is 2.83. The minimum absolute atomic E-state index is 0.154. The predicted octanol–water partition coefficient (Wildman–Crippen LogP) is 1.25. The van der Waals surface area contributed by atoms with Crippen molar-refractivity contribution in [3.8, 4) is 0 Å². The van der Waals surface area contributed by atoms with Crippen molar-refractivity contribution in [3.05, 3.63) is 35.4 Å². The maximum Gasteiger partial charge on any atom is 0.407 e. The third-order valence-electron chi connectivity index (χ3n) is 3.40. The molecule has 20 heavy (non-hydrogen) atoms. The maximum absolute atomic E-state index is 11.2. The number of alkyl carbamates (subject to hydrolysis) is 1. The maximum atomic E-state index is 11.2. The van der Waals surface area contributed by atoms with Crippen molar-refractivity contribution in [2.45, 2.75) is 19.0 Å². The fraction of sp³-hybridized carbons (Fsp3) is 0.429. The van der Waals surface area contributed by atoms with Gasteiger partial charge in [-0.1, -0.05) is 30.4 Å². The second kappa shape index (κ2) is 6.67. The van der Waals surface area contributed by atoms with Crippen LogP contribution in [0.3, 0.4) is 0 Å². The molecule has 1 heterocycles. The van der Waals surface area contributed by atoms with Gasteiger partial charge in [-0.15, -0.1) is 0 Å². The first kappa shape index (κ1) is 14.7. The van der Waals surface area contributed by atoms with E-state index in [1.165, 1.54) is 12.7 Å². The van der Waals surface area contributed by atoms with Gasteiger partial charge in [-0.05, 0) is 18.1 Å². The Morgan fingerprint density at radius 1 is 1.60 bits per heavy atom. The Morgan fingerprint density at radius 2 is 2.40 bits per heavy atom. The third kappa shape index (κ3) is 3.91. The summed E-state index contributed by atoms with van der Waals surface area (Å²) in [5.41, 5.74) is 7.70. The molecular weight excluding hydrogens is 274 g/mol. The molecule has 0 saturated carbocycles. The molecule has 3 N–H and O–H groups in total. The first-order chi connectivity index (χ1) is 9.58. The molecule has 1 aromatic carbocycles. The fourth-order valence-electron chi connectivity index (χ4n) is 2.40. The van der Waals surface area contributed by atoms with E-state index in [9.17, 15) is 4.79 Å². The Bertz CT molecular complexity index is 507. The normalized spacial score (nSPS) is 18.8. The number of carbonyl (C=O) groups is 1. The largest absolute Gasteiger partial charge is 0.453 e. The monoisotopic (exact) mass is 293 g/mol. The molecule has 0 aromatic heterocycles. The number of hydrogen-bond acceptors (Lipinski definition) is 4. The molecule has 6 heteroatoms. The molecule has 1 aliphatic rings. The molecule has 108 valence electrons. The summed E-state index contributed by atoms with van der Waals surface area (Å²) >= 11 is 4.99. The number of carbonyl (C=O) groups excluding carboxylic acids is 1. The number of rotatable bonds is 4. The predicted molar refractivity (Wildman–Crippen MR) is 81.6 cm³/mol. The number of methoxy groups -OCH3 is 1. The first-order valence-electron chi connectivity index (χ1n) is 6.54. The van der Waals surface area contributed by atoms with Crippen LogP contribution in [-0.4, -0.2) is 42.2 Å². The summed E-state index contributed by atoms with van der Waals surface area (Å²) in [6, 6.07) is 8.11. The number of hydrogen-bond donors (Lipinski definition) is 2. The molecule has 0 radical (unpaired) electrons. The van der Waals surface area contributed by atoms with Gasteiger partial charge < -0.3 is 15.8 Å². The van der Waals surface area contributed by atoms with Gasteiger partial charge in [0.1, 0.15) is 4.99 Å². The zero-order chi connectivity index (χ0) is 14.5. The van der Waals surface area contributed by atoms with Gasteiger partial charge in [-0.2, -0.15) is 0 Å². The van der Waals surface area contributed by atoms with E-state index in [1.807, 2.05) is 18.2 Å². The second-order valence-corrected chi connectivity index (χ2v) is 5.36. The van der Waals surface area contributed by atoms with E-state index >= 15 is 0 Å². The first-order valence-corrected chi connectivity index (χ1v) is 6.95. The number of thiocarbonyl (C=S) groups is 1. The van der Waals surface area contributed by atoms with Crippen molar-refractivity contribution in [1.82, 2.24) is 10.2 Å². The average molecular weight is 293 g/mol. The van der Waals surface area contributed by atoms with Crippen molar-refractivity contribution in [1.29, 1.82) is 0 Å². The van der Waals surface area contributed by atoms with Crippen LogP contribution in [0.15, 0.2) is 24.3 Å². The lowest BCUT2D eigenvalue weighted by atomic mass is 10.1. The Kier molecular flexibility index (Phi) is 4.92. The summed E-state index contributed by atoms with van der Waals surface area (Å²) in [6.07, 6.45) is 0.566. The van der Waals surface area contributed by atoms with Gasteiger partial charge >= 0.3 is 6.09 Å². The third-order valence-corrected chi connectivity index (χ3v) is 3.63. The van der Waals surface area contributed by atoms with Gasteiger partial charge in [0, 0.05) is 31.2 Å². The molecule has 1 fully saturated rings. The Hall–Kier alpha value is -1.66. The van der Waals surface area contributed by atoms with Crippen molar-refractivity contribution in [2.24, 2.45) is 5.73 Å². The SMILES string of the molecule is COC(=O)NC1CCN(Cc2cccc(C(N)=S)c2)C1. The van der Waals surface area contributed by atoms with Crippen molar-refractivity contribution < 1.29 is 9.53 Å². The highest BCUT2D eigenvalue weighted by atomic mass is 32.1. The highest BCUT2D eigenvalue weighted by Crippen LogP contribution is 2.14. The van der Waals surface area contributed by atoms with E-state index < -0.39 is 0 Å². The van der Waals surface area contributed by atoms with Crippen LogP contribution in [0.4, 0.5) is 4.79 Å². The van der Waals surface area contributed by atoms with Gasteiger partial charge in [0.25, 0.3) is 0 Å². The molecule has 0 spiro atoms. The van der Waals surface area contributed by atoms with Crippen LogP contribution in [0.2, 0.25) is 0 Å². The number of nitrogens with one attached hydrogen (secondary N) is 1. The molecule has 1 atom stereocenters. The van der Waals surface area contributed by atoms with E-state index in [-0.39, 0.29) is 12.1 Å². The van der Waals surface area contributed by atoms with Crippen LogP contribution in [-0.2, 0) is 11.3 Å². The minimum atomic E-state index is -0.368. The van der Waals surface area contributed by atoms with E-state index in [0.717, 1.165) is 31.6 Å². The minimum Gasteiger partial charge on any atom is -0.453 e. The number of benzene rings is 1. The summed E-state index contributed by atoms with van der Waals surface area (Å²) in [7, 11) is 1.38. The van der Waals surface area contributed by atoms with Gasteiger partial charge in [0.2, 0.25) is 0 Å². The van der Waals surface area contributed by atoms with Crippen LogP contribution in [0.5, 0.6) is 0 Å². The molecule has 1 amide bonds. The number of likely N-dealkylation sites (tertiary alicyclic amines) is 1. The molecule has 0 bridgehead atoms. The smallest absolute Gasteiger partial charge is 0.407 e. The zero-order valence-corrected chi connectivity index (χ0v) is 12.3. The lowest BCUT2D eigenvalue weighted by molar-refractivity contribution is 0.166. The summed E-state index contributed by atoms with van der Waals surface area (Å²) < 4.78 is 4.61. The molecule has 1 unspecified atom stereocenters. The van der Waals surface area contributed by atoms with E-state index in [4.69, 9.17) is 18.0 Å². The quantitative estimate of drug-likeness (QED) is 0.818. The molecule has 2 rings (SSSR count). The summed E-state index contributed by atoms with van der Waals surface area (Å²) in [4.78, 5) is 13.9. The number of nitrogens with zero attached hydrogens (tertiary/aromatic N) is 1. The Balaban J connectivity index is 1.90. The fourth-order valence-corrected chi connectivity index (χ4v) is 2.53. The van der Waals surface area contributed by atoms with Crippen LogP contribution < -0.4 is 11.1 Å². The van der Waals surface area contributed by atoms with Crippen LogP contribution in [0.25, 0.3) is 0 Å². The van der Waals surface area contributed by atoms with E-state index in [1.54, 1.807) is 0 Å².